The lowest BCUT2D eigenvalue weighted by molar-refractivity contribution is 0.104. The zero-order chi connectivity index (χ0) is 14.3. The van der Waals surface area contributed by atoms with E-state index in [9.17, 15) is 4.79 Å². The Hall–Kier alpha value is -2.07. The Morgan fingerprint density at radius 2 is 1.95 bits per heavy atom. The first-order valence-corrected chi connectivity index (χ1v) is 7.03. The van der Waals surface area contributed by atoms with Crippen LogP contribution in [-0.4, -0.2) is 10.8 Å². The summed E-state index contributed by atoms with van der Waals surface area (Å²) in [5, 5.41) is 0.909. The number of benzene rings is 2. The van der Waals surface area contributed by atoms with E-state index in [0.29, 0.717) is 16.8 Å². The SMILES string of the molecule is Cc1ccc(N)cc1C(=O)c1c[nH]c2ccc(Br)cc12. The number of fused-ring (bicyclic) bond motifs is 1. The lowest BCUT2D eigenvalue weighted by Crippen LogP contribution is -2.04. The van der Waals surface area contributed by atoms with E-state index in [-0.39, 0.29) is 5.78 Å². The maximum absolute atomic E-state index is 12.7. The summed E-state index contributed by atoms with van der Waals surface area (Å²) in [4.78, 5) is 15.8. The van der Waals surface area contributed by atoms with E-state index >= 15 is 0 Å². The van der Waals surface area contributed by atoms with E-state index in [1.807, 2.05) is 31.2 Å². The van der Waals surface area contributed by atoms with Crippen LogP contribution < -0.4 is 5.73 Å². The average Bonchev–Trinajstić information content (AvgIpc) is 2.83. The van der Waals surface area contributed by atoms with Crippen molar-refractivity contribution in [2.24, 2.45) is 0 Å². The molecule has 0 aliphatic heterocycles. The van der Waals surface area contributed by atoms with Crippen LogP contribution in [0.1, 0.15) is 21.5 Å². The number of aromatic amines is 1. The highest BCUT2D eigenvalue weighted by molar-refractivity contribution is 9.10. The van der Waals surface area contributed by atoms with Crippen LogP contribution in [-0.2, 0) is 0 Å². The molecule has 0 spiro atoms. The number of halogens is 1. The van der Waals surface area contributed by atoms with E-state index in [1.54, 1.807) is 18.3 Å². The van der Waals surface area contributed by atoms with Gasteiger partial charge in [0.05, 0.1) is 0 Å². The number of anilines is 1. The number of nitrogens with one attached hydrogen (secondary N) is 1. The molecule has 0 saturated heterocycles. The predicted octanol–water partition coefficient (Wildman–Crippen LogP) is 4.05. The van der Waals surface area contributed by atoms with Crippen LogP contribution >= 0.6 is 15.9 Å². The van der Waals surface area contributed by atoms with Gasteiger partial charge in [-0.3, -0.25) is 4.79 Å². The van der Waals surface area contributed by atoms with Gasteiger partial charge >= 0.3 is 0 Å². The first-order valence-electron chi connectivity index (χ1n) is 6.24. The van der Waals surface area contributed by atoms with Crippen molar-refractivity contribution in [2.75, 3.05) is 5.73 Å². The maximum Gasteiger partial charge on any atom is 0.195 e. The Balaban J connectivity index is 2.17. The second kappa shape index (κ2) is 4.80. The number of rotatable bonds is 2. The van der Waals surface area contributed by atoms with Crippen molar-refractivity contribution in [1.82, 2.24) is 4.98 Å². The molecule has 3 nitrogen and oxygen atoms in total. The number of aryl methyl sites for hydroxylation is 1. The molecule has 0 atom stereocenters. The first kappa shape index (κ1) is 12.9. The molecule has 1 aromatic heterocycles. The number of hydrogen-bond donors (Lipinski definition) is 2. The summed E-state index contributed by atoms with van der Waals surface area (Å²) in [6, 6.07) is 11.2. The molecule has 4 heteroatoms. The summed E-state index contributed by atoms with van der Waals surface area (Å²) in [7, 11) is 0. The molecule has 0 aliphatic carbocycles. The summed E-state index contributed by atoms with van der Waals surface area (Å²) in [5.41, 5.74) is 9.56. The normalized spacial score (nSPS) is 10.9. The number of nitrogens with two attached hydrogens (primary N) is 1. The van der Waals surface area contributed by atoms with E-state index in [2.05, 4.69) is 20.9 Å². The zero-order valence-electron chi connectivity index (χ0n) is 10.9. The Labute approximate surface area is 124 Å². The van der Waals surface area contributed by atoms with Crippen LogP contribution in [0, 0.1) is 6.92 Å². The quantitative estimate of drug-likeness (QED) is 0.550. The van der Waals surface area contributed by atoms with Crippen LogP contribution in [0.2, 0.25) is 0 Å². The van der Waals surface area contributed by atoms with E-state index in [4.69, 9.17) is 5.73 Å². The second-order valence-electron chi connectivity index (χ2n) is 4.80. The molecule has 2 aromatic carbocycles. The maximum atomic E-state index is 12.7. The highest BCUT2D eigenvalue weighted by atomic mass is 79.9. The molecule has 3 aromatic rings. The van der Waals surface area contributed by atoms with Crippen molar-refractivity contribution in [3.63, 3.8) is 0 Å². The fourth-order valence-electron chi connectivity index (χ4n) is 2.31. The molecule has 0 amide bonds. The predicted molar refractivity (Wildman–Crippen MR) is 85.0 cm³/mol. The van der Waals surface area contributed by atoms with E-state index in [0.717, 1.165) is 20.9 Å². The Morgan fingerprint density at radius 1 is 1.15 bits per heavy atom. The lowest BCUT2D eigenvalue weighted by Gasteiger charge is -2.05. The van der Waals surface area contributed by atoms with Gasteiger partial charge in [-0.15, -0.1) is 0 Å². The highest BCUT2D eigenvalue weighted by Crippen LogP contribution is 2.26. The lowest BCUT2D eigenvalue weighted by atomic mass is 9.98. The fourth-order valence-corrected chi connectivity index (χ4v) is 2.67. The largest absolute Gasteiger partial charge is 0.399 e. The van der Waals surface area contributed by atoms with Gasteiger partial charge in [0.25, 0.3) is 0 Å². The Morgan fingerprint density at radius 3 is 2.75 bits per heavy atom. The van der Waals surface area contributed by atoms with Gasteiger partial charge in [0, 0.05) is 38.4 Å². The Kier molecular flexibility index (Phi) is 3.10. The van der Waals surface area contributed by atoms with E-state index < -0.39 is 0 Å². The van der Waals surface area contributed by atoms with Gasteiger partial charge in [0.15, 0.2) is 5.78 Å². The summed E-state index contributed by atoms with van der Waals surface area (Å²) >= 11 is 3.44. The molecule has 0 radical (unpaired) electrons. The number of aromatic nitrogens is 1. The molecule has 1 heterocycles. The Bertz CT molecular complexity index is 820. The minimum absolute atomic E-state index is 0.0147. The average molecular weight is 329 g/mol. The molecule has 0 bridgehead atoms. The molecule has 0 unspecified atom stereocenters. The molecule has 20 heavy (non-hydrogen) atoms. The van der Waals surface area contributed by atoms with Crippen molar-refractivity contribution < 1.29 is 4.79 Å². The highest BCUT2D eigenvalue weighted by Gasteiger charge is 2.16. The number of carbonyl (C=O) groups is 1. The van der Waals surface area contributed by atoms with Crippen molar-refractivity contribution in [1.29, 1.82) is 0 Å². The number of nitrogen functional groups attached to an aromatic ring is 1. The van der Waals surface area contributed by atoms with Gasteiger partial charge in [-0.25, -0.2) is 0 Å². The third kappa shape index (κ3) is 2.12. The second-order valence-corrected chi connectivity index (χ2v) is 5.71. The minimum Gasteiger partial charge on any atom is -0.399 e. The minimum atomic E-state index is -0.0147. The molecule has 3 N–H and O–H groups in total. The van der Waals surface area contributed by atoms with Crippen molar-refractivity contribution >= 4 is 38.3 Å². The third-order valence-electron chi connectivity index (χ3n) is 3.39. The first-order chi connectivity index (χ1) is 9.56. The zero-order valence-corrected chi connectivity index (χ0v) is 12.5. The topological polar surface area (TPSA) is 58.9 Å². The van der Waals surface area contributed by atoms with Crippen LogP contribution in [0.5, 0.6) is 0 Å². The standard InChI is InChI=1S/C16H13BrN2O/c1-9-2-4-11(18)7-12(9)16(20)14-8-19-15-5-3-10(17)6-13(14)15/h2-8,19H,18H2,1H3. The molecule has 0 saturated carbocycles. The van der Waals surface area contributed by atoms with Crippen molar-refractivity contribution in [3.8, 4) is 0 Å². The summed E-state index contributed by atoms with van der Waals surface area (Å²) in [6.07, 6.45) is 1.75. The van der Waals surface area contributed by atoms with Gasteiger partial charge in [-0.05, 0) is 42.8 Å². The number of ketones is 1. The molecule has 0 aliphatic rings. The van der Waals surface area contributed by atoms with Gasteiger partial charge in [0.2, 0.25) is 0 Å². The molecular formula is C16H13BrN2O. The number of H-pyrrole nitrogens is 1. The summed E-state index contributed by atoms with van der Waals surface area (Å²) < 4.78 is 0.947. The fraction of sp³-hybridized carbons (Fsp3) is 0.0625. The summed E-state index contributed by atoms with van der Waals surface area (Å²) in [5.74, 6) is -0.0147. The van der Waals surface area contributed by atoms with Gasteiger partial charge in [-0.1, -0.05) is 22.0 Å². The van der Waals surface area contributed by atoms with Crippen molar-refractivity contribution in [2.45, 2.75) is 6.92 Å². The molecule has 3 rings (SSSR count). The van der Waals surface area contributed by atoms with Gasteiger partial charge in [0.1, 0.15) is 0 Å². The van der Waals surface area contributed by atoms with Crippen LogP contribution in [0.15, 0.2) is 47.1 Å². The smallest absolute Gasteiger partial charge is 0.195 e. The van der Waals surface area contributed by atoms with Crippen LogP contribution in [0.3, 0.4) is 0 Å². The number of hydrogen-bond acceptors (Lipinski definition) is 2. The third-order valence-corrected chi connectivity index (χ3v) is 3.89. The molecular weight excluding hydrogens is 316 g/mol. The van der Waals surface area contributed by atoms with Crippen LogP contribution in [0.4, 0.5) is 5.69 Å². The van der Waals surface area contributed by atoms with Crippen molar-refractivity contribution in [3.05, 3.63) is 63.8 Å². The molecule has 0 fully saturated rings. The van der Waals surface area contributed by atoms with Crippen LogP contribution in [0.25, 0.3) is 10.9 Å². The number of carbonyl (C=O) groups excluding carboxylic acids is 1. The van der Waals surface area contributed by atoms with E-state index in [1.165, 1.54) is 0 Å². The van der Waals surface area contributed by atoms with Gasteiger partial charge < -0.3 is 10.7 Å². The monoisotopic (exact) mass is 328 g/mol. The molecule has 100 valence electrons. The van der Waals surface area contributed by atoms with Gasteiger partial charge in [-0.2, -0.15) is 0 Å². The summed E-state index contributed by atoms with van der Waals surface area (Å²) in [6.45, 7) is 1.91.